The maximum absolute atomic E-state index is 12.1. The molecule has 0 atom stereocenters. The molecule has 0 aliphatic rings. The first-order valence-corrected chi connectivity index (χ1v) is 6.46. The van der Waals surface area contributed by atoms with Crippen molar-refractivity contribution in [2.45, 2.75) is 0 Å². The predicted molar refractivity (Wildman–Crippen MR) is 79.7 cm³/mol. The second kappa shape index (κ2) is 6.52. The van der Waals surface area contributed by atoms with E-state index in [-0.39, 0.29) is 22.3 Å². The van der Waals surface area contributed by atoms with Crippen LogP contribution in [0.5, 0.6) is 0 Å². The fourth-order valence-corrected chi connectivity index (χ4v) is 1.95. The molecule has 0 saturated heterocycles. The zero-order chi connectivity index (χ0) is 17.0. The summed E-state index contributed by atoms with van der Waals surface area (Å²) < 4.78 is 4.71. The van der Waals surface area contributed by atoms with Crippen LogP contribution < -0.4 is 11.5 Å². The van der Waals surface area contributed by atoms with Crippen LogP contribution in [0, 0.1) is 0 Å². The van der Waals surface area contributed by atoms with Crippen molar-refractivity contribution < 1.29 is 23.9 Å². The molecular weight excluding hydrogens is 300 g/mol. The molecule has 0 fully saturated rings. The third-order valence-corrected chi connectivity index (χ3v) is 3.01. The summed E-state index contributed by atoms with van der Waals surface area (Å²) >= 11 is 0. The number of nitrogens with two attached hydrogens (primary N) is 2. The Hall–Kier alpha value is -3.48. The van der Waals surface area contributed by atoms with Crippen molar-refractivity contribution in [1.82, 2.24) is 0 Å². The van der Waals surface area contributed by atoms with E-state index in [4.69, 9.17) is 16.2 Å². The van der Waals surface area contributed by atoms with Gasteiger partial charge in [-0.25, -0.2) is 9.59 Å². The standard InChI is InChI=1S/C16H12N2O5/c17-13(19)9-5-1-3-7-11(9)15(21)23-16(22)12-8-4-2-6-10(12)14(18)20/h1-8H,(H2,17,19)(H2,18,20). The molecule has 0 bridgehead atoms. The van der Waals surface area contributed by atoms with E-state index in [0.717, 1.165) is 0 Å². The van der Waals surface area contributed by atoms with Gasteiger partial charge in [0.05, 0.1) is 22.3 Å². The third kappa shape index (κ3) is 3.41. The summed E-state index contributed by atoms with van der Waals surface area (Å²) in [7, 11) is 0. The first-order chi connectivity index (χ1) is 10.9. The second-order valence-electron chi connectivity index (χ2n) is 4.50. The van der Waals surface area contributed by atoms with Gasteiger partial charge in [-0.2, -0.15) is 0 Å². The van der Waals surface area contributed by atoms with Gasteiger partial charge in [-0.05, 0) is 24.3 Å². The molecule has 7 heteroatoms. The lowest BCUT2D eigenvalue weighted by Crippen LogP contribution is -2.22. The maximum atomic E-state index is 12.1. The summed E-state index contributed by atoms with van der Waals surface area (Å²) in [6, 6.07) is 11.3. The Morgan fingerprint density at radius 2 is 0.913 bits per heavy atom. The maximum Gasteiger partial charge on any atom is 0.346 e. The number of esters is 2. The minimum Gasteiger partial charge on any atom is -0.386 e. The average Bonchev–Trinajstić information content (AvgIpc) is 2.54. The zero-order valence-corrected chi connectivity index (χ0v) is 11.8. The zero-order valence-electron chi connectivity index (χ0n) is 11.8. The Morgan fingerprint density at radius 1 is 0.609 bits per heavy atom. The molecule has 0 spiro atoms. The Labute approximate surface area is 130 Å². The van der Waals surface area contributed by atoms with E-state index in [9.17, 15) is 19.2 Å². The summed E-state index contributed by atoms with van der Waals surface area (Å²) in [4.78, 5) is 46.7. The van der Waals surface area contributed by atoms with E-state index in [1.807, 2.05) is 0 Å². The molecule has 0 aromatic heterocycles. The molecule has 2 rings (SSSR count). The topological polar surface area (TPSA) is 130 Å². The molecule has 0 aliphatic heterocycles. The van der Waals surface area contributed by atoms with Gasteiger partial charge in [0.15, 0.2) is 0 Å². The summed E-state index contributed by atoms with van der Waals surface area (Å²) in [6.07, 6.45) is 0. The van der Waals surface area contributed by atoms with Crippen LogP contribution in [0.3, 0.4) is 0 Å². The van der Waals surface area contributed by atoms with Gasteiger partial charge in [0.2, 0.25) is 11.8 Å². The van der Waals surface area contributed by atoms with Crippen molar-refractivity contribution in [3.63, 3.8) is 0 Å². The molecule has 0 aliphatic carbocycles. The molecule has 2 amide bonds. The molecule has 23 heavy (non-hydrogen) atoms. The van der Waals surface area contributed by atoms with Crippen molar-refractivity contribution in [2.24, 2.45) is 11.5 Å². The summed E-state index contributed by atoms with van der Waals surface area (Å²) in [6.45, 7) is 0. The van der Waals surface area contributed by atoms with Gasteiger partial charge in [-0.3, -0.25) is 9.59 Å². The number of benzene rings is 2. The van der Waals surface area contributed by atoms with Gasteiger partial charge in [-0.1, -0.05) is 24.3 Å². The molecule has 4 N–H and O–H groups in total. The van der Waals surface area contributed by atoms with Gasteiger partial charge in [-0.15, -0.1) is 0 Å². The van der Waals surface area contributed by atoms with E-state index in [1.165, 1.54) is 48.5 Å². The van der Waals surface area contributed by atoms with Crippen molar-refractivity contribution in [3.8, 4) is 0 Å². The number of carbonyl (C=O) groups is 4. The highest BCUT2D eigenvalue weighted by atomic mass is 16.6. The number of amides is 2. The summed E-state index contributed by atoms with van der Waals surface area (Å²) in [5, 5.41) is 0. The number of ether oxygens (including phenoxy) is 1. The molecule has 116 valence electrons. The van der Waals surface area contributed by atoms with Crippen LogP contribution in [-0.2, 0) is 4.74 Å². The fourth-order valence-electron chi connectivity index (χ4n) is 1.95. The molecule has 7 nitrogen and oxygen atoms in total. The Morgan fingerprint density at radius 3 is 1.22 bits per heavy atom. The Kier molecular flexibility index (Phi) is 4.51. The normalized spacial score (nSPS) is 9.91. The van der Waals surface area contributed by atoms with Crippen molar-refractivity contribution in [2.75, 3.05) is 0 Å². The number of hydrogen-bond acceptors (Lipinski definition) is 5. The van der Waals surface area contributed by atoms with Crippen LogP contribution in [0.2, 0.25) is 0 Å². The van der Waals surface area contributed by atoms with E-state index in [0.29, 0.717) is 0 Å². The largest absolute Gasteiger partial charge is 0.386 e. The predicted octanol–water partition coefficient (Wildman–Crippen LogP) is 0.882. The molecule has 0 heterocycles. The van der Waals surface area contributed by atoms with Gasteiger partial charge < -0.3 is 16.2 Å². The quantitative estimate of drug-likeness (QED) is 0.639. The van der Waals surface area contributed by atoms with E-state index >= 15 is 0 Å². The number of primary amides is 2. The summed E-state index contributed by atoms with van der Waals surface area (Å²) in [5.41, 5.74) is 9.88. The Bertz CT molecular complexity index is 746. The molecule has 2 aromatic rings. The second-order valence-corrected chi connectivity index (χ2v) is 4.50. The number of carbonyl (C=O) groups excluding carboxylic acids is 4. The van der Waals surface area contributed by atoms with E-state index in [1.54, 1.807) is 0 Å². The lowest BCUT2D eigenvalue weighted by atomic mass is 10.1. The van der Waals surface area contributed by atoms with Gasteiger partial charge >= 0.3 is 11.9 Å². The van der Waals surface area contributed by atoms with Gasteiger partial charge in [0.1, 0.15) is 0 Å². The Balaban J connectivity index is 2.30. The fraction of sp³-hybridized carbons (Fsp3) is 0. The van der Waals surface area contributed by atoms with Gasteiger partial charge in [0, 0.05) is 0 Å². The smallest absolute Gasteiger partial charge is 0.346 e. The molecule has 0 saturated carbocycles. The SMILES string of the molecule is NC(=O)c1ccccc1C(=O)OC(=O)c1ccccc1C(N)=O. The van der Waals surface area contributed by atoms with Crippen molar-refractivity contribution in [1.29, 1.82) is 0 Å². The highest BCUT2D eigenvalue weighted by molar-refractivity contribution is 6.11. The average molecular weight is 312 g/mol. The lowest BCUT2D eigenvalue weighted by molar-refractivity contribution is 0.0393. The van der Waals surface area contributed by atoms with Crippen LogP contribution >= 0.6 is 0 Å². The number of hydrogen-bond donors (Lipinski definition) is 2. The molecule has 0 radical (unpaired) electrons. The molecule has 0 unspecified atom stereocenters. The number of rotatable bonds is 4. The van der Waals surface area contributed by atoms with Crippen LogP contribution in [0.15, 0.2) is 48.5 Å². The van der Waals surface area contributed by atoms with Crippen molar-refractivity contribution in [3.05, 3.63) is 70.8 Å². The minimum absolute atomic E-state index is 0.0755. The summed E-state index contributed by atoms with van der Waals surface area (Å²) in [5.74, 6) is -3.77. The minimum atomic E-state index is -1.05. The van der Waals surface area contributed by atoms with Crippen LogP contribution in [0.4, 0.5) is 0 Å². The highest BCUT2D eigenvalue weighted by Gasteiger charge is 2.22. The molecule has 2 aromatic carbocycles. The lowest BCUT2D eigenvalue weighted by Gasteiger charge is -2.08. The van der Waals surface area contributed by atoms with E-state index in [2.05, 4.69) is 0 Å². The first-order valence-electron chi connectivity index (χ1n) is 6.46. The van der Waals surface area contributed by atoms with Gasteiger partial charge in [0.25, 0.3) is 0 Å². The van der Waals surface area contributed by atoms with E-state index < -0.39 is 23.8 Å². The first kappa shape index (κ1) is 15.9. The highest BCUT2D eigenvalue weighted by Crippen LogP contribution is 2.14. The van der Waals surface area contributed by atoms with Crippen molar-refractivity contribution >= 4 is 23.8 Å². The van der Waals surface area contributed by atoms with Crippen LogP contribution in [-0.4, -0.2) is 23.8 Å². The molecular formula is C16H12N2O5. The monoisotopic (exact) mass is 312 g/mol. The third-order valence-electron chi connectivity index (χ3n) is 3.01. The van der Waals surface area contributed by atoms with Crippen LogP contribution in [0.1, 0.15) is 41.4 Å². The van der Waals surface area contributed by atoms with Crippen LogP contribution in [0.25, 0.3) is 0 Å².